The van der Waals surface area contributed by atoms with E-state index in [-0.39, 0.29) is 6.10 Å². The van der Waals surface area contributed by atoms with Crippen LogP contribution in [0.2, 0.25) is 0 Å². The van der Waals surface area contributed by atoms with Crippen LogP contribution in [0, 0.1) is 20.8 Å². The minimum Gasteiger partial charge on any atom is -0.491 e. The predicted octanol–water partition coefficient (Wildman–Crippen LogP) is 2.86. The molecule has 15 heavy (non-hydrogen) atoms. The van der Waals surface area contributed by atoms with Gasteiger partial charge >= 0.3 is 0 Å². The molecule has 1 rings (SSSR count). The van der Waals surface area contributed by atoms with Crippen molar-refractivity contribution in [1.82, 2.24) is 0 Å². The number of aryl methyl sites for hydroxylation is 1. The Labute approximate surface area is 92.4 Å². The summed E-state index contributed by atoms with van der Waals surface area (Å²) in [7, 11) is 0. The van der Waals surface area contributed by atoms with Crippen LogP contribution in [0.15, 0.2) is 6.07 Å². The molecule has 0 saturated heterocycles. The SMILES string of the molecule is Cc1cc(OC(C)C)c(C)c(C)c1CN. The summed E-state index contributed by atoms with van der Waals surface area (Å²) in [5.41, 5.74) is 10.7. The normalized spacial score (nSPS) is 10.9. The average molecular weight is 207 g/mol. The van der Waals surface area contributed by atoms with Gasteiger partial charge in [0.25, 0.3) is 0 Å². The first-order valence-electron chi connectivity index (χ1n) is 5.43. The summed E-state index contributed by atoms with van der Waals surface area (Å²) in [6.45, 7) is 11.0. The lowest BCUT2D eigenvalue weighted by Crippen LogP contribution is -2.10. The number of rotatable bonds is 3. The van der Waals surface area contributed by atoms with Gasteiger partial charge < -0.3 is 10.5 Å². The van der Waals surface area contributed by atoms with Crippen LogP contribution in [0.25, 0.3) is 0 Å². The van der Waals surface area contributed by atoms with Crippen molar-refractivity contribution >= 4 is 0 Å². The molecule has 0 heterocycles. The third kappa shape index (κ3) is 2.51. The van der Waals surface area contributed by atoms with E-state index < -0.39 is 0 Å². The zero-order valence-corrected chi connectivity index (χ0v) is 10.3. The zero-order valence-electron chi connectivity index (χ0n) is 10.3. The van der Waals surface area contributed by atoms with Crippen molar-refractivity contribution in [2.24, 2.45) is 5.73 Å². The second-order valence-electron chi connectivity index (χ2n) is 4.29. The summed E-state index contributed by atoms with van der Waals surface area (Å²) in [5, 5.41) is 0. The van der Waals surface area contributed by atoms with Crippen molar-refractivity contribution in [2.45, 2.75) is 47.3 Å². The molecule has 0 saturated carbocycles. The van der Waals surface area contributed by atoms with Crippen molar-refractivity contribution in [1.29, 1.82) is 0 Å². The molecule has 1 aromatic rings. The molecule has 2 heteroatoms. The summed E-state index contributed by atoms with van der Waals surface area (Å²) in [6, 6.07) is 2.09. The standard InChI is InChI=1S/C13H21NO/c1-8(2)15-13-6-9(3)12(7-14)10(4)11(13)5/h6,8H,7,14H2,1-5H3. The summed E-state index contributed by atoms with van der Waals surface area (Å²) < 4.78 is 5.77. The van der Waals surface area contributed by atoms with Gasteiger partial charge in [-0.1, -0.05) is 0 Å². The van der Waals surface area contributed by atoms with Crippen LogP contribution in [-0.4, -0.2) is 6.10 Å². The van der Waals surface area contributed by atoms with Crippen LogP contribution in [0.3, 0.4) is 0 Å². The van der Waals surface area contributed by atoms with Crippen LogP contribution in [-0.2, 0) is 6.54 Å². The van der Waals surface area contributed by atoms with Crippen molar-refractivity contribution < 1.29 is 4.74 Å². The third-order valence-corrected chi connectivity index (χ3v) is 2.78. The quantitative estimate of drug-likeness (QED) is 0.827. The van der Waals surface area contributed by atoms with E-state index in [2.05, 4.69) is 26.8 Å². The van der Waals surface area contributed by atoms with Crippen LogP contribution >= 0.6 is 0 Å². The Balaban J connectivity index is 3.21. The maximum Gasteiger partial charge on any atom is 0.123 e. The van der Waals surface area contributed by atoms with E-state index in [1.165, 1.54) is 22.3 Å². The highest BCUT2D eigenvalue weighted by Gasteiger charge is 2.10. The lowest BCUT2D eigenvalue weighted by molar-refractivity contribution is 0.240. The Bertz CT molecular complexity index is 356. The highest BCUT2D eigenvalue weighted by Crippen LogP contribution is 2.28. The van der Waals surface area contributed by atoms with Gasteiger partial charge in [0.05, 0.1) is 6.10 Å². The third-order valence-electron chi connectivity index (χ3n) is 2.78. The summed E-state index contributed by atoms with van der Waals surface area (Å²) in [6.07, 6.45) is 0.214. The predicted molar refractivity (Wildman–Crippen MR) is 64.3 cm³/mol. The van der Waals surface area contributed by atoms with Crippen LogP contribution in [0.1, 0.15) is 36.1 Å². The summed E-state index contributed by atoms with van der Waals surface area (Å²) in [4.78, 5) is 0. The minimum absolute atomic E-state index is 0.214. The Kier molecular flexibility index (Phi) is 3.75. The monoisotopic (exact) mass is 207 g/mol. The molecule has 0 radical (unpaired) electrons. The largest absolute Gasteiger partial charge is 0.491 e. The van der Waals surface area contributed by atoms with E-state index in [0.29, 0.717) is 6.54 Å². The van der Waals surface area contributed by atoms with Crippen LogP contribution in [0.4, 0.5) is 0 Å². The smallest absolute Gasteiger partial charge is 0.123 e. The molecular formula is C13H21NO. The molecule has 0 aromatic heterocycles. The van der Waals surface area contributed by atoms with Crippen molar-refractivity contribution in [3.63, 3.8) is 0 Å². The summed E-state index contributed by atoms with van der Waals surface area (Å²) >= 11 is 0. The molecule has 0 spiro atoms. The van der Waals surface area contributed by atoms with E-state index in [4.69, 9.17) is 10.5 Å². The molecule has 0 unspecified atom stereocenters. The van der Waals surface area contributed by atoms with E-state index in [0.717, 1.165) is 5.75 Å². The molecule has 0 aliphatic heterocycles. The van der Waals surface area contributed by atoms with Gasteiger partial charge in [0.1, 0.15) is 5.75 Å². The van der Waals surface area contributed by atoms with Gasteiger partial charge in [0.2, 0.25) is 0 Å². The molecule has 1 aromatic carbocycles. The number of ether oxygens (including phenoxy) is 1. The number of benzene rings is 1. The molecule has 84 valence electrons. The van der Waals surface area contributed by atoms with Crippen molar-refractivity contribution in [2.75, 3.05) is 0 Å². The van der Waals surface area contributed by atoms with E-state index in [1.807, 2.05) is 13.8 Å². The number of hydrogen-bond donors (Lipinski definition) is 1. The maximum absolute atomic E-state index is 5.77. The Morgan fingerprint density at radius 3 is 2.27 bits per heavy atom. The average Bonchev–Trinajstić information content (AvgIpc) is 2.14. The van der Waals surface area contributed by atoms with Crippen LogP contribution in [0.5, 0.6) is 5.75 Å². The molecule has 0 atom stereocenters. The molecule has 2 N–H and O–H groups in total. The molecule has 0 fully saturated rings. The molecule has 0 amide bonds. The van der Waals surface area contributed by atoms with E-state index >= 15 is 0 Å². The second kappa shape index (κ2) is 4.67. The number of hydrogen-bond acceptors (Lipinski definition) is 2. The molecule has 0 aliphatic rings. The van der Waals surface area contributed by atoms with Crippen molar-refractivity contribution in [3.8, 4) is 5.75 Å². The van der Waals surface area contributed by atoms with Crippen molar-refractivity contribution in [3.05, 3.63) is 28.3 Å². The Morgan fingerprint density at radius 2 is 1.80 bits per heavy atom. The number of nitrogens with two attached hydrogens (primary N) is 1. The Hall–Kier alpha value is -1.02. The fourth-order valence-electron chi connectivity index (χ4n) is 1.79. The van der Waals surface area contributed by atoms with E-state index in [1.54, 1.807) is 0 Å². The molecule has 0 aliphatic carbocycles. The van der Waals surface area contributed by atoms with Gasteiger partial charge in [-0.25, -0.2) is 0 Å². The first kappa shape index (κ1) is 12.1. The molecule has 2 nitrogen and oxygen atoms in total. The minimum atomic E-state index is 0.214. The van der Waals surface area contributed by atoms with Gasteiger partial charge in [-0.15, -0.1) is 0 Å². The van der Waals surface area contributed by atoms with Gasteiger partial charge in [-0.3, -0.25) is 0 Å². The molecule has 0 bridgehead atoms. The second-order valence-corrected chi connectivity index (χ2v) is 4.29. The molecular weight excluding hydrogens is 186 g/mol. The fraction of sp³-hybridized carbons (Fsp3) is 0.538. The summed E-state index contributed by atoms with van der Waals surface area (Å²) in [5.74, 6) is 0.984. The first-order valence-corrected chi connectivity index (χ1v) is 5.43. The van der Waals surface area contributed by atoms with Gasteiger partial charge in [-0.05, 0) is 62.9 Å². The van der Waals surface area contributed by atoms with Gasteiger partial charge in [0, 0.05) is 6.54 Å². The lowest BCUT2D eigenvalue weighted by Gasteiger charge is -2.18. The zero-order chi connectivity index (χ0) is 11.6. The van der Waals surface area contributed by atoms with Gasteiger partial charge in [0.15, 0.2) is 0 Å². The lowest BCUT2D eigenvalue weighted by atomic mass is 9.97. The topological polar surface area (TPSA) is 35.2 Å². The highest BCUT2D eigenvalue weighted by molar-refractivity contribution is 5.48. The maximum atomic E-state index is 5.77. The van der Waals surface area contributed by atoms with Gasteiger partial charge in [-0.2, -0.15) is 0 Å². The van der Waals surface area contributed by atoms with E-state index in [9.17, 15) is 0 Å². The highest BCUT2D eigenvalue weighted by atomic mass is 16.5. The fourth-order valence-corrected chi connectivity index (χ4v) is 1.79. The first-order chi connectivity index (χ1) is 6.97. The Morgan fingerprint density at radius 1 is 1.20 bits per heavy atom. The van der Waals surface area contributed by atoms with Crippen LogP contribution < -0.4 is 10.5 Å².